The molecule has 34 heavy (non-hydrogen) atoms. The standard InChI is InChI=1S/C29H29F3O2/c1-3-5-6-18-34-27-17-16-24(28(31)29(27)32)21-11-8-20(9-12-21)10-13-22-14-15-23(19-25(22)30)26(33)7-4-2/h3,8-17,19,26,33H,1,4-7,18H2,2H3/b13-10+. The maximum atomic E-state index is 14.6. The number of aliphatic hydroxyl groups excluding tert-OH is 1. The molecule has 0 saturated carbocycles. The van der Waals surface area contributed by atoms with Gasteiger partial charge >= 0.3 is 0 Å². The van der Waals surface area contributed by atoms with Crippen molar-refractivity contribution in [3.05, 3.63) is 101 Å². The molecule has 3 rings (SSSR count). The van der Waals surface area contributed by atoms with Gasteiger partial charge in [-0.2, -0.15) is 4.39 Å². The van der Waals surface area contributed by atoms with E-state index in [1.807, 2.05) is 6.92 Å². The van der Waals surface area contributed by atoms with Crippen LogP contribution in [0.15, 0.2) is 67.3 Å². The molecule has 1 unspecified atom stereocenters. The lowest BCUT2D eigenvalue weighted by Crippen LogP contribution is -2.01. The van der Waals surface area contributed by atoms with Crippen LogP contribution in [0.2, 0.25) is 0 Å². The molecule has 1 N–H and O–H groups in total. The first kappa shape index (κ1) is 25.3. The van der Waals surface area contributed by atoms with Crippen LogP contribution in [0.3, 0.4) is 0 Å². The predicted molar refractivity (Wildman–Crippen MR) is 132 cm³/mol. The van der Waals surface area contributed by atoms with Crippen molar-refractivity contribution in [2.75, 3.05) is 6.61 Å². The van der Waals surface area contributed by atoms with E-state index in [4.69, 9.17) is 4.74 Å². The largest absolute Gasteiger partial charge is 0.490 e. The smallest absolute Gasteiger partial charge is 0.201 e. The molecule has 2 nitrogen and oxygen atoms in total. The molecule has 0 spiro atoms. The third-order valence-corrected chi connectivity index (χ3v) is 5.51. The molecule has 3 aromatic rings. The van der Waals surface area contributed by atoms with Crippen molar-refractivity contribution in [3.8, 4) is 16.9 Å². The highest BCUT2D eigenvalue weighted by atomic mass is 19.2. The number of allylic oxidation sites excluding steroid dienone is 1. The molecule has 1 atom stereocenters. The van der Waals surface area contributed by atoms with Crippen molar-refractivity contribution in [3.63, 3.8) is 0 Å². The van der Waals surface area contributed by atoms with E-state index in [2.05, 4.69) is 6.58 Å². The second-order valence-corrected chi connectivity index (χ2v) is 8.06. The molecule has 178 valence electrons. The van der Waals surface area contributed by atoms with Crippen molar-refractivity contribution < 1.29 is 23.0 Å². The zero-order valence-electron chi connectivity index (χ0n) is 19.2. The summed E-state index contributed by atoms with van der Waals surface area (Å²) in [6.07, 6.45) is 7.25. The number of aliphatic hydroxyl groups is 1. The van der Waals surface area contributed by atoms with Gasteiger partial charge in [0.1, 0.15) is 5.82 Å². The highest BCUT2D eigenvalue weighted by molar-refractivity contribution is 5.72. The van der Waals surface area contributed by atoms with Gasteiger partial charge in [-0.05, 0) is 54.2 Å². The van der Waals surface area contributed by atoms with E-state index in [0.717, 1.165) is 18.4 Å². The zero-order valence-corrected chi connectivity index (χ0v) is 19.2. The van der Waals surface area contributed by atoms with Gasteiger partial charge in [0.15, 0.2) is 11.6 Å². The molecule has 0 aliphatic carbocycles. The lowest BCUT2D eigenvalue weighted by atomic mass is 10.0. The Balaban J connectivity index is 1.71. The maximum absolute atomic E-state index is 14.6. The van der Waals surface area contributed by atoms with Gasteiger partial charge < -0.3 is 9.84 Å². The normalized spacial score (nSPS) is 12.1. The number of unbranched alkanes of at least 4 members (excludes halogenated alkanes) is 1. The van der Waals surface area contributed by atoms with E-state index < -0.39 is 23.6 Å². The second-order valence-electron chi connectivity index (χ2n) is 8.06. The summed E-state index contributed by atoms with van der Waals surface area (Å²) in [5.41, 5.74) is 2.39. The molecule has 0 aliphatic rings. The summed E-state index contributed by atoms with van der Waals surface area (Å²) < 4.78 is 48.8. The van der Waals surface area contributed by atoms with Crippen molar-refractivity contribution in [2.45, 2.75) is 38.7 Å². The Kier molecular flexibility index (Phi) is 9.11. The molecule has 3 aromatic carbocycles. The summed E-state index contributed by atoms with van der Waals surface area (Å²) in [4.78, 5) is 0. The fourth-order valence-corrected chi connectivity index (χ4v) is 3.56. The van der Waals surface area contributed by atoms with Crippen LogP contribution in [0.5, 0.6) is 5.75 Å². The molecule has 0 bridgehead atoms. The molecule has 0 amide bonds. The van der Waals surface area contributed by atoms with Crippen LogP contribution in [0, 0.1) is 17.5 Å². The lowest BCUT2D eigenvalue weighted by molar-refractivity contribution is 0.166. The van der Waals surface area contributed by atoms with E-state index >= 15 is 0 Å². The summed E-state index contributed by atoms with van der Waals surface area (Å²) in [6.45, 7) is 5.86. The third-order valence-electron chi connectivity index (χ3n) is 5.51. The van der Waals surface area contributed by atoms with Gasteiger partial charge in [-0.25, -0.2) is 8.78 Å². The van der Waals surface area contributed by atoms with Crippen LogP contribution in [0.4, 0.5) is 13.2 Å². The summed E-state index contributed by atoms with van der Waals surface area (Å²) in [6, 6.07) is 14.5. The molecule has 0 fully saturated rings. The van der Waals surface area contributed by atoms with Gasteiger partial charge in [0, 0.05) is 11.1 Å². The second kappa shape index (κ2) is 12.2. The van der Waals surface area contributed by atoms with E-state index in [9.17, 15) is 18.3 Å². The summed E-state index contributed by atoms with van der Waals surface area (Å²) in [5, 5.41) is 10.0. The van der Waals surface area contributed by atoms with Gasteiger partial charge in [-0.15, -0.1) is 6.58 Å². The Morgan fingerprint density at radius 3 is 2.41 bits per heavy atom. The number of halogens is 3. The SMILES string of the molecule is C=CCCCOc1ccc(-c2ccc(/C=C/c3ccc(C(O)CCC)cc3F)cc2)c(F)c1F. The minimum absolute atomic E-state index is 0.111. The highest BCUT2D eigenvalue weighted by Gasteiger charge is 2.16. The monoisotopic (exact) mass is 466 g/mol. The first-order chi connectivity index (χ1) is 16.4. The number of hydrogen-bond acceptors (Lipinski definition) is 2. The quantitative estimate of drug-likeness (QED) is 0.176. The predicted octanol–water partition coefficient (Wildman–Crippen LogP) is 8.12. The molecular formula is C29H29F3O2. The number of rotatable bonds is 11. The molecule has 0 radical (unpaired) electrons. The van der Waals surface area contributed by atoms with Crippen molar-refractivity contribution in [1.82, 2.24) is 0 Å². The molecule has 0 saturated heterocycles. The summed E-state index contributed by atoms with van der Waals surface area (Å²) in [7, 11) is 0. The number of ether oxygens (including phenoxy) is 1. The molecular weight excluding hydrogens is 437 g/mol. The first-order valence-corrected chi connectivity index (χ1v) is 11.4. The Morgan fingerprint density at radius 2 is 1.74 bits per heavy atom. The third kappa shape index (κ3) is 6.39. The van der Waals surface area contributed by atoms with Gasteiger partial charge in [0.2, 0.25) is 5.82 Å². The Hall–Kier alpha value is -3.31. The van der Waals surface area contributed by atoms with Crippen LogP contribution >= 0.6 is 0 Å². The van der Waals surface area contributed by atoms with E-state index in [1.54, 1.807) is 54.6 Å². The van der Waals surface area contributed by atoms with Gasteiger partial charge in [0.25, 0.3) is 0 Å². The molecule has 0 heterocycles. The van der Waals surface area contributed by atoms with Gasteiger partial charge in [-0.3, -0.25) is 0 Å². The average Bonchev–Trinajstić information content (AvgIpc) is 2.84. The Morgan fingerprint density at radius 1 is 0.971 bits per heavy atom. The van der Waals surface area contributed by atoms with E-state index in [0.29, 0.717) is 29.5 Å². The first-order valence-electron chi connectivity index (χ1n) is 11.4. The fourth-order valence-electron chi connectivity index (χ4n) is 3.56. The topological polar surface area (TPSA) is 29.5 Å². The minimum Gasteiger partial charge on any atom is -0.490 e. The van der Waals surface area contributed by atoms with Crippen LogP contribution in [0.25, 0.3) is 23.3 Å². The van der Waals surface area contributed by atoms with E-state index in [-0.39, 0.29) is 17.9 Å². The Labute approximate surface area is 199 Å². The van der Waals surface area contributed by atoms with Gasteiger partial charge in [0.05, 0.1) is 12.7 Å². The highest BCUT2D eigenvalue weighted by Crippen LogP contribution is 2.30. The van der Waals surface area contributed by atoms with Crippen LogP contribution in [-0.2, 0) is 0 Å². The Bertz CT molecular complexity index is 1140. The summed E-state index contributed by atoms with van der Waals surface area (Å²) >= 11 is 0. The lowest BCUT2D eigenvalue weighted by Gasteiger charge is -2.11. The van der Waals surface area contributed by atoms with E-state index in [1.165, 1.54) is 18.2 Å². The van der Waals surface area contributed by atoms with Crippen molar-refractivity contribution in [1.29, 1.82) is 0 Å². The van der Waals surface area contributed by atoms with Crippen molar-refractivity contribution in [2.24, 2.45) is 0 Å². The molecule has 5 heteroatoms. The summed E-state index contributed by atoms with van der Waals surface area (Å²) in [5.74, 6) is -2.50. The number of hydrogen-bond donors (Lipinski definition) is 1. The zero-order chi connectivity index (χ0) is 24.5. The number of benzene rings is 3. The van der Waals surface area contributed by atoms with Crippen molar-refractivity contribution >= 4 is 12.2 Å². The van der Waals surface area contributed by atoms with Gasteiger partial charge in [-0.1, -0.05) is 68.0 Å². The minimum atomic E-state index is -1.01. The average molecular weight is 467 g/mol. The van der Waals surface area contributed by atoms with Crippen LogP contribution < -0.4 is 4.74 Å². The maximum Gasteiger partial charge on any atom is 0.201 e. The van der Waals surface area contributed by atoms with Crippen LogP contribution in [0.1, 0.15) is 55.4 Å². The fraction of sp³-hybridized carbons (Fsp3) is 0.241. The van der Waals surface area contributed by atoms with Crippen LogP contribution in [-0.4, -0.2) is 11.7 Å². The molecule has 0 aliphatic heterocycles. The molecule has 0 aromatic heterocycles.